The van der Waals surface area contributed by atoms with E-state index in [9.17, 15) is 4.79 Å². The summed E-state index contributed by atoms with van der Waals surface area (Å²) in [4.78, 5) is 12.3. The summed E-state index contributed by atoms with van der Waals surface area (Å²) in [5, 5.41) is 6.26. The summed E-state index contributed by atoms with van der Waals surface area (Å²) in [5.74, 6) is -0.141. The number of unbranched alkanes of at least 4 members (excludes halogenated alkanes) is 11. The highest BCUT2D eigenvalue weighted by atomic mass is 35.6. The highest BCUT2D eigenvalue weighted by molar-refractivity contribution is 6.68. The maximum absolute atomic E-state index is 12.3. The molecule has 0 aliphatic heterocycles. The van der Waals surface area contributed by atoms with Gasteiger partial charge in [0.1, 0.15) is 6.17 Å². The van der Waals surface area contributed by atoms with Gasteiger partial charge in [0.25, 0.3) is 0 Å². The van der Waals surface area contributed by atoms with Crippen molar-refractivity contribution in [1.29, 1.82) is 0 Å². The van der Waals surface area contributed by atoms with Crippen molar-refractivity contribution in [3.8, 4) is 0 Å². The first-order chi connectivity index (χ1) is 14.3. The number of hydrogen-bond donors (Lipinski definition) is 2. The van der Waals surface area contributed by atoms with Crippen LogP contribution in [0.3, 0.4) is 0 Å². The van der Waals surface area contributed by atoms with Crippen molar-refractivity contribution in [1.82, 2.24) is 5.32 Å². The quantitative estimate of drug-likeness (QED) is 0.136. The lowest BCUT2D eigenvalue weighted by Gasteiger charge is -2.27. The molecule has 0 fully saturated rings. The molecule has 30 heavy (non-hydrogen) atoms. The zero-order valence-corrected chi connectivity index (χ0v) is 21.0. The molecule has 1 atom stereocenters. The Kier molecular flexibility index (Phi) is 15.0. The molecule has 3 nitrogen and oxygen atoms in total. The van der Waals surface area contributed by atoms with Gasteiger partial charge in [-0.1, -0.05) is 136 Å². The normalized spacial score (nSPS) is 12.6. The predicted octanol–water partition coefficient (Wildman–Crippen LogP) is 8.66. The van der Waals surface area contributed by atoms with Crippen LogP contribution in [0.15, 0.2) is 24.3 Å². The van der Waals surface area contributed by atoms with E-state index in [1.54, 1.807) is 12.1 Å². The third-order valence-corrected chi connectivity index (χ3v) is 6.05. The Bertz CT molecular complexity index is 593. The largest absolute Gasteiger partial charge is 0.361 e. The van der Waals surface area contributed by atoms with E-state index in [0.717, 1.165) is 19.3 Å². The molecule has 0 saturated carbocycles. The zero-order chi connectivity index (χ0) is 22.2. The molecule has 7 heteroatoms. The number of halogens is 4. The van der Waals surface area contributed by atoms with Crippen LogP contribution in [-0.2, 0) is 4.79 Å². The molecule has 0 aromatic heterocycles. The molecule has 0 unspecified atom stereocenters. The summed E-state index contributed by atoms with van der Waals surface area (Å²) < 4.78 is -1.70. The highest BCUT2D eigenvalue weighted by Crippen LogP contribution is 2.32. The molecule has 1 aromatic carbocycles. The Hall–Kier alpha value is -0.350. The van der Waals surface area contributed by atoms with Gasteiger partial charge in [0.05, 0.1) is 10.7 Å². The van der Waals surface area contributed by atoms with Gasteiger partial charge >= 0.3 is 0 Å². The third kappa shape index (κ3) is 13.1. The van der Waals surface area contributed by atoms with Crippen LogP contribution >= 0.6 is 46.4 Å². The van der Waals surface area contributed by atoms with E-state index in [1.165, 1.54) is 57.8 Å². The summed E-state index contributed by atoms with van der Waals surface area (Å²) in [5.41, 5.74) is 0.598. The fourth-order valence-corrected chi connectivity index (χ4v) is 3.81. The van der Waals surface area contributed by atoms with Crippen LogP contribution in [0.25, 0.3) is 0 Å². The van der Waals surface area contributed by atoms with Gasteiger partial charge in [-0.25, -0.2) is 0 Å². The summed E-state index contributed by atoms with van der Waals surface area (Å²) in [6.07, 6.45) is 14.6. The van der Waals surface area contributed by atoms with E-state index in [1.807, 2.05) is 12.1 Å². The number of carbonyl (C=O) groups excluding carboxylic acids is 1. The second-order valence-electron chi connectivity index (χ2n) is 7.81. The van der Waals surface area contributed by atoms with Crippen molar-refractivity contribution < 1.29 is 4.79 Å². The third-order valence-electron chi connectivity index (χ3n) is 5.06. The number of para-hydroxylation sites is 1. The van der Waals surface area contributed by atoms with Gasteiger partial charge in [-0.15, -0.1) is 0 Å². The molecule has 0 radical (unpaired) electrons. The molecule has 0 heterocycles. The Labute approximate surface area is 202 Å². The Morgan fingerprint density at radius 3 is 1.87 bits per heavy atom. The minimum Gasteiger partial charge on any atom is -0.361 e. The van der Waals surface area contributed by atoms with Crippen molar-refractivity contribution in [2.45, 2.75) is 100 Å². The second-order valence-corrected chi connectivity index (χ2v) is 10.6. The number of anilines is 1. The molecule has 2 N–H and O–H groups in total. The molecule has 0 spiro atoms. The highest BCUT2D eigenvalue weighted by Gasteiger charge is 2.34. The monoisotopic (exact) mass is 496 g/mol. The first-order valence-electron chi connectivity index (χ1n) is 11.2. The van der Waals surface area contributed by atoms with Gasteiger partial charge in [0, 0.05) is 6.42 Å². The fraction of sp³-hybridized carbons (Fsp3) is 0.696. The summed E-state index contributed by atoms with van der Waals surface area (Å²) in [7, 11) is 0. The lowest BCUT2D eigenvalue weighted by Crippen LogP contribution is -2.49. The van der Waals surface area contributed by atoms with E-state index in [-0.39, 0.29) is 5.91 Å². The van der Waals surface area contributed by atoms with Crippen LogP contribution in [0.5, 0.6) is 0 Å². The number of alkyl halides is 3. The molecule has 0 saturated heterocycles. The minimum atomic E-state index is -1.70. The van der Waals surface area contributed by atoms with Crippen LogP contribution in [0, 0.1) is 0 Å². The number of carbonyl (C=O) groups is 1. The van der Waals surface area contributed by atoms with Crippen molar-refractivity contribution in [2.75, 3.05) is 5.32 Å². The van der Waals surface area contributed by atoms with E-state index in [2.05, 4.69) is 17.6 Å². The molecular weight excluding hydrogens is 462 g/mol. The average Bonchev–Trinajstić information content (AvgIpc) is 2.69. The summed E-state index contributed by atoms with van der Waals surface area (Å²) >= 11 is 24.2. The van der Waals surface area contributed by atoms with Gasteiger partial charge in [-0.05, 0) is 18.6 Å². The summed E-state index contributed by atoms with van der Waals surface area (Å²) in [6.45, 7) is 2.25. The lowest BCUT2D eigenvalue weighted by molar-refractivity contribution is -0.121. The second kappa shape index (κ2) is 16.3. The van der Waals surface area contributed by atoms with E-state index in [4.69, 9.17) is 46.4 Å². The van der Waals surface area contributed by atoms with E-state index < -0.39 is 9.96 Å². The van der Waals surface area contributed by atoms with Gasteiger partial charge in [-0.3, -0.25) is 4.79 Å². The number of hydrogen-bond acceptors (Lipinski definition) is 2. The van der Waals surface area contributed by atoms with Crippen LogP contribution in [0.1, 0.15) is 90.4 Å². The van der Waals surface area contributed by atoms with Crippen LogP contribution < -0.4 is 10.6 Å². The minimum absolute atomic E-state index is 0.141. The summed E-state index contributed by atoms with van der Waals surface area (Å²) in [6, 6.07) is 7.12. The molecule has 0 bridgehead atoms. The van der Waals surface area contributed by atoms with Crippen molar-refractivity contribution >= 4 is 58.0 Å². The van der Waals surface area contributed by atoms with Gasteiger partial charge < -0.3 is 10.6 Å². The van der Waals surface area contributed by atoms with Crippen molar-refractivity contribution in [2.24, 2.45) is 0 Å². The lowest BCUT2D eigenvalue weighted by atomic mass is 10.0. The SMILES string of the molecule is CCCCCCCCCCCCCCC(=O)N[C@@H](Nc1ccccc1Cl)C(Cl)(Cl)Cl. The number of nitrogens with one attached hydrogen (secondary N) is 2. The number of benzene rings is 1. The maximum Gasteiger partial charge on any atom is 0.228 e. The Morgan fingerprint density at radius 2 is 1.37 bits per heavy atom. The molecule has 1 amide bonds. The molecular formula is C23H36Cl4N2O. The smallest absolute Gasteiger partial charge is 0.228 e. The topological polar surface area (TPSA) is 41.1 Å². The molecule has 0 aliphatic carbocycles. The Morgan fingerprint density at radius 1 is 0.867 bits per heavy atom. The Balaban J connectivity index is 2.17. The van der Waals surface area contributed by atoms with Gasteiger partial charge in [-0.2, -0.15) is 0 Å². The van der Waals surface area contributed by atoms with Crippen molar-refractivity contribution in [3.05, 3.63) is 29.3 Å². The van der Waals surface area contributed by atoms with Crippen LogP contribution in [0.4, 0.5) is 5.69 Å². The van der Waals surface area contributed by atoms with E-state index in [0.29, 0.717) is 17.1 Å². The molecule has 172 valence electrons. The average molecular weight is 498 g/mol. The standard InChI is InChI=1S/C23H36Cl4N2O/c1-2-3-4-5-6-7-8-9-10-11-12-13-18-21(30)29-22(23(25,26)27)28-20-17-15-14-16-19(20)24/h14-17,22,28H,2-13,18H2,1H3,(H,29,30)/t22-/m1/s1. The number of rotatable bonds is 16. The fourth-order valence-electron chi connectivity index (χ4n) is 3.29. The van der Waals surface area contributed by atoms with Crippen LogP contribution in [0.2, 0.25) is 5.02 Å². The molecule has 1 rings (SSSR count). The van der Waals surface area contributed by atoms with E-state index >= 15 is 0 Å². The van der Waals surface area contributed by atoms with Crippen molar-refractivity contribution in [3.63, 3.8) is 0 Å². The van der Waals surface area contributed by atoms with Gasteiger partial charge in [0.15, 0.2) is 0 Å². The van der Waals surface area contributed by atoms with Gasteiger partial charge in [0.2, 0.25) is 9.70 Å². The van der Waals surface area contributed by atoms with Crippen LogP contribution in [-0.4, -0.2) is 15.9 Å². The molecule has 1 aromatic rings. The zero-order valence-electron chi connectivity index (χ0n) is 18.0. The first-order valence-corrected chi connectivity index (χ1v) is 12.7. The maximum atomic E-state index is 12.3. The first kappa shape index (κ1) is 27.7. The predicted molar refractivity (Wildman–Crippen MR) is 133 cm³/mol. The number of amides is 1. The molecule has 0 aliphatic rings.